The minimum absolute atomic E-state index is 0.285. The summed E-state index contributed by atoms with van der Waals surface area (Å²) in [5.41, 5.74) is 5.92. The van der Waals surface area contributed by atoms with E-state index in [2.05, 4.69) is 13.8 Å². The van der Waals surface area contributed by atoms with Crippen LogP contribution >= 0.6 is 0 Å². The Balaban J connectivity index is 3.11. The van der Waals surface area contributed by atoms with E-state index in [0.29, 0.717) is 5.57 Å². The summed E-state index contributed by atoms with van der Waals surface area (Å²) in [5.74, 6) is 0.596. The summed E-state index contributed by atoms with van der Waals surface area (Å²) in [6.07, 6.45) is 26.8. The van der Waals surface area contributed by atoms with E-state index >= 15 is 0 Å². The van der Waals surface area contributed by atoms with Gasteiger partial charge in [-0.1, -0.05) is 123 Å². The summed E-state index contributed by atoms with van der Waals surface area (Å²) in [6, 6.07) is 0. The van der Waals surface area contributed by atoms with Gasteiger partial charge in [-0.2, -0.15) is 0 Å². The number of primary amides is 1. The summed E-state index contributed by atoms with van der Waals surface area (Å²) in [5, 5.41) is 0. The number of allylic oxidation sites excluding steroid dienone is 1. The second-order valence-corrected chi connectivity index (χ2v) is 8.88. The first-order chi connectivity index (χ1) is 13.0. The molecule has 0 heterocycles. The molecular formula is C25H49NO. The highest BCUT2D eigenvalue weighted by Gasteiger charge is 1.97. The smallest absolute Gasteiger partial charge is 0.244 e. The van der Waals surface area contributed by atoms with Crippen LogP contribution in [-0.2, 0) is 4.79 Å². The van der Waals surface area contributed by atoms with Crippen LogP contribution in [0, 0.1) is 5.92 Å². The van der Waals surface area contributed by atoms with Gasteiger partial charge in [-0.3, -0.25) is 4.79 Å². The molecule has 0 radical (unpaired) electrons. The maximum atomic E-state index is 10.9. The Morgan fingerprint density at radius 1 is 0.667 bits per heavy atom. The molecule has 0 saturated carbocycles. The van der Waals surface area contributed by atoms with E-state index in [1.54, 1.807) is 6.92 Å². The maximum absolute atomic E-state index is 10.9. The molecule has 0 unspecified atom stereocenters. The van der Waals surface area contributed by atoms with Crippen LogP contribution in [0.3, 0.4) is 0 Å². The largest absolute Gasteiger partial charge is 0.366 e. The minimum atomic E-state index is -0.285. The number of carbonyl (C=O) groups excluding carboxylic acids is 1. The van der Waals surface area contributed by atoms with Crippen molar-refractivity contribution < 1.29 is 4.79 Å². The van der Waals surface area contributed by atoms with Gasteiger partial charge in [0.1, 0.15) is 0 Å². The molecule has 0 fully saturated rings. The lowest BCUT2D eigenvalue weighted by molar-refractivity contribution is -0.114. The highest BCUT2D eigenvalue weighted by atomic mass is 16.1. The molecule has 2 nitrogen and oxygen atoms in total. The van der Waals surface area contributed by atoms with Crippen molar-refractivity contribution in [3.8, 4) is 0 Å². The van der Waals surface area contributed by atoms with Crippen LogP contribution in [0.2, 0.25) is 0 Å². The number of carbonyl (C=O) groups is 1. The molecule has 27 heavy (non-hydrogen) atoms. The van der Waals surface area contributed by atoms with Crippen LogP contribution in [0.5, 0.6) is 0 Å². The van der Waals surface area contributed by atoms with Gasteiger partial charge >= 0.3 is 0 Å². The van der Waals surface area contributed by atoms with Gasteiger partial charge in [0.25, 0.3) is 0 Å². The van der Waals surface area contributed by atoms with Gasteiger partial charge in [-0.05, 0) is 25.7 Å². The van der Waals surface area contributed by atoms with Crippen molar-refractivity contribution in [1.82, 2.24) is 0 Å². The average Bonchev–Trinajstić information content (AvgIpc) is 2.63. The zero-order chi connectivity index (χ0) is 20.2. The Bertz CT molecular complexity index is 359. The van der Waals surface area contributed by atoms with Gasteiger partial charge < -0.3 is 5.73 Å². The molecule has 0 rings (SSSR count). The number of hydrogen-bond acceptors (Lipinski definition) is 1. The predicted octanol–water partition coefficient (Wildman–Crippen LogP) is 8.10. The molecule has 0 aromatic heterocycles. The number of hydrogen-bond donors (Lipinski definition) is 1. The molecule has 0 bridgehead atoms. The highest BCUT2D eigenvalue weighted by molar-refractivity contribution is 5.91. The summed E-state index contributed by atoms with van der Waals surface area (Å²) >= 11 is 0. The lowest BCUT2D eigenvalue weighted by Gasteiger charge is -2.05. The Kier molecular flexibility index (Phi) is 19.4. The topological polar surface area (TPSA) is 43.1 Å². The Morgan fingerprint density at radius 3 is 1.33 bits per heavy atom. The molecule has 0 aliphatic heterocycles. The predicted molar refractivity (Wildman–Crippen MR) is 121 cm³/mol. The van der Waals surface area contributed by atoms with Gasteiger partial charge in [0.2, 0.25) is 5.91 Å². The van der Waals surface area contributed by atoms with Gasteiger partial charge in [0, 0.05) is 5.57 Å². The van der Waals surface area contributed by atoms with Crippen LogP contribution in [0.25, 0.3) is 0 Å². The van der Waals surface area contributed by atoms with E-state index in [0.717, 1.165) is 12.3 Å². The maximum Gasteiger partial charge on any atom is 0.244 e. The normalized spacial score (nSPS) is 12.1. The third-order valence-electron chi connectivity index (χ3n) is 5.57. The molecule has 1 amide bonds. The molecule has 2 heteroatoms. The number of amides is 1. The SMILES string of the molecule is CC(=CCCCCCCCCCCCCCCCCCCC(C)C)C(N)=O. The van der Waals surface area contributed by atoms with Crippen LogP contribution < -0.4 is 5.73 Å². The molecule has 160 valence electrons. The Morgan fingerprint density at radius 2 is 1.00 bits per heavy atom. The molecular weight excluding hydrogens is 330 g/mol. The first-order valence-corrected chi connectivity index (χ1v) is 12.0. The standard InChI is InChI=1S/C25H49NO/c1-23(2)21-19-17-15-13-11-9-7-5-4-6-8-10-12-14-16-18-20-22-24(3)25(26)27/h22-23H,4-21H2,1-3H3,(H2,26,27). The molecule has 2 N–H and O–H groups in total. The fourth-order valence-corrected chi connectivity index (χ4v) is 3.59. The zero-order valence-corrected chi connectivity index (χ0v) is 18.9. The van der Waals surface area contributed by atoms with E-state index in [1.807, 2.05) is 6.08 Å². The van der Waals surface area contributed by atoms with Crippen molar-refractivity contribution in [3.63, 3.8) is 0 Å². The van der Waals surface area contributed by atoms with Crippen molar-refractivity contribution in [1.29, 1.82) is 0 Å². The van der Waals surface area contributed by atoms with Gasteiger partial charge in [0.15, 0.2) is 0 Å². The number of unbranched alkanes of at least 4 members (excludes halogenated alkanes) is 16. The van der Waals surface area contributed by atoms with Crippen LogP contribution in [0.1, 0.15) is 136 Å². The summed E-state index contributed by atoms with van der Waals surface area (Å²) in [7, 11) is 0. The van der Waals surface area contributed by atoms with Crippen LogP contribution in [-0.4, -0.2) is 5.91 Å². The van der Waals surface area contributed by atoms with E-state index in [-0.39, 0.29) is 5.91 Å². The molecule has 0 spiro atoms. The first kappa shape index (κ1) is 26.2. The Hall–Kier alpha value is -0.790. The summed E-state index contributed by atoms with van der Waals surface area (Å²) < 4.78 is 0. The van der Waals surface area contributed by atoms with E-state index in [1.165, 1.54) is 109 Å². The molecule has 0 saturated heterocycles. The van der Waals surface area contributed by atoms with E-state index < -0.39 is 0 Å². The van der Waals surface area contributed by atoms with E-state index in [9.17, 15) is 4.79 Å². The van der Waals surface area contributed by atoms with E-state index in [4.69, 9.17) is 5.73 Å². The zero-order valence-electron chi connectivity index (χ0n) is 18.9. The third kappa shape index (κ3) is 21.4. The summed E-state index contributed by atoms with van der Waals surface area (Å²) in [6.45, 7) is 6.46. The lowest BCUT2D eigenvalue weighted by atomic mass is 10.0. The van der Waals surface area contributed by atoms with Gasteiger partial charge in [-0.25, -0.2) is 0 Å². The summed E-state index contributed by atoms with van der Waals surface area (Å²) in [4.78, 5) is 10.9. The highest BCUT2D eigenvalue weighted by Crippen LogP contribution is 2.15. The monoisotopic (exact) mass is 379 g/mol. The molecule has 0 atom stereocenters. The number of rotatable bonds is 20. The van der Waals surface area contributed by atoms with Crippen LogP contribution in [0.15, 0.2) is 11.6 Å². The Labute approximate surface area is 170 Å². The van der Waals surface area contributed by atoms with Gasteiger partial charge in [0.05, 0.1) is 0 Å². The van der Waals surface area contributed by atoms with Crippen molar-refractivity contribution in [2.75, 3.05) is 0 Å². The molecule has 0 aromatic rings. The van der Waals surface area contributed by atoms with Crippen molar-refractivity contribution in [3.05, 3.63) is 11.6 Å². The number of nitrogens with two attached hydrogens (primary N) is 1. The minimum Gasteiger partial charge on any atom is -0.366 e. The average molecular weight is 380 g/mol. The second-order valence-electron chi connectivity index (χ2n) is 8.88. The fraction of sp³-hybridized carbons (Fsp3) is 0.880. The van der Waals surface area contributed by atoms with Gasteiger partial charge in [-0.15, -0.1) is 0 Å². The lowest BCUT2D eigenvalue weighted by Crippen LogP contribution is -2.11. The molecule has 0 aromatic carbocycles. The fourth-order valence-electron chi connectivity index (χ4n) is 3.59. The first-order valence-electron chi connectivity index (χ1n) is 12.0. The van der Waals surface area contributed by atoms with Crippen LogP contribution in [0.4, 0.5) is 0 Å². The molecule has 0 aliphatic carbocycles. The third-order valence-corrected chi connectivity index (χ3v) is 5.57. The van der Waals surface area contributed by atoms with Crippen molar-refractivity contribution in [2.45, 2.75) is 136 Å². The molecule has 0 aliphatic rings. The van der Waals surface area contributed by atoms with Crippen molar-refractivity contribution in [2.24, 2.45) is 11.7 Å². The second kappa shape index (κ2) is 20.0. The quantitative estimate of drug-likeness (QED) is 0.168. The van der Waals surface area contributed by atoms with Crippen molar-refractivity contribution >= 4 is 5.91 Å².